The minimum absolute atomic E-state index is 0.0102. The van der Waals surface area contributed by atoms with Crippen LogP contribution in [0.3, 0.4) is 0 Å². The zero-order valence-electron chi connectivity index (χ0n) is 11.6. The first-order valence-corrected chi connectivity index (χ1v) is 3.43. The van der Waals surface area contributed by atoms with E-state index in [-0.39, 0.29) is 23.3 Å². The molecular formula is C9H14N2. The molecule has 2 heteroatoms. The molecule has 0 fully saturated rings. The Morgan fingerprint density at radius 3 is 3.00 bits per heavy atom. The Balaban J connectivity index is 3.59. The maximum Gasteiger partial charge on any atom is 0.0840 e. The smallest absolute Gasteiger partial charge is 0.0840 e. The monoisotopic (exact) mass is 155 g/mol. The van der Waals surface area contributed by atoms with Gasteiger partial charge in [0.05, 0.1) is 14.1 Å². The molecule has 11 heavy (non-hydrogen) atoms. The summed E-state index contributed by atoms with van der Waals surface area (Å²) in [6, 6.07) is -0.415. The van der Waals surface area contributed by atoms with E-state index in [9.17, 15) is 0 Å². The van der Waals surface area contributed by atoms with E-state index in [1.807, 2.05) is 13.8 Å². The summed E-state index contributed by atoms with van der Waals surface area (Å²) in [5.41, 5.74) is 5.82. The fourth-order valence-corrected chi connectivity index (χ4v) is 0.840. The number of hydrogen-bond acceptors (Lipinski definition) is 2. The summed E-state index contributed by atoms with van der Waals surface area (Å²) in [5.74, 6) is -0.0780. The Labute approximate surface area is 74.5 Å². The summed E-state index contributed by atoms with van der Waals surface area (Å²) in [6.45, 7) is 1.14. The Morgan fingerprint density at radius 2 is 2.45 bits per heavy atom. The van der Waals surface area contributed by atoms with E-state index in [1.54, 1.807) is 0 Å². The highest BCUT2D eigenvalue weighted by atomic mass is 14.7. The minimum Gasteiger partial charge on any atom is -0.397 e. The Hall–Kier alpha value is -1.05. The van der Waals surface area contributed by atoms with Crippen LogP contribution in [0.15, 0.2) is 12.2 Å². The summed E-state index contributed by atoms with van der Waals surface area (Å²) < 4.78 is 36.9. The van der Waals surface area contributed by atoms with Crippen molar-refractivity contribution in [2.75, 3.05) is 5.73 Å². The number of pyridine rings is 1. The van der Waals surface area contributed by atoms with Crippen LogP contribution >= 0.6 is 0 Å². The van der Waals surface area contributed by atoms with Gasteiger partial charge in [0, 0.05) is 10.3 Å². The quantitative estimate of drug-likeness (QED) is 0.674. The topological polar surface area (TPSA) is 38.9 Å². The first-order valence-electron chi connectivity index (χ1n) is 5.93. The fourth-order valence-electron chi connectivity index (χ4n) is 0.840. The van der Waals surface area contributed by atoms with Crippen molar-refractivity contribution >= 4 is 5.69 Å². The normalized spacial score (nSPS) is 18.3. The third kappa shape index (κ3) is 1.50. The van der Waals surface area contributed by atoms with Crippen molar-refractivity contribution in [1.82, 2.24) is 4.98 Å². The van der Waals surface area contributed by atoms with Gasteiger partial charge in [-0.05, 0) is 24.4 Å². The van der Waals surface area contributed by atoms with Gasteiger partial charge in [-0.15, -0.1) is 0 Å². The van der Waals surface area contributed by atoms with Crippen molar-refractivity contribution in [2.45, 2.75) is 26.6 Å². The standard InChI is InChI=1S/C9H14N2/c1-6(2)9-8(10)7(3)4-5-11-9/h4-6H,10H2,1-3H3/i3D3,4D,5D. The largest absolute Gasteiger partial charge is 0.397 e. The van der Waals surface area contributed by atoms with Gasteiger partial charge < -0.3 is 5.73 Å². The molecule has 0 atom stereocenters. The van der Waals surface area contributed by atoms with E-state index in [0.29, 0.717) is 5.69 Å². The molecule has 0 bridgehead atoms. The average molecular weight is 155 g/mol. The SMILES string of the molecule is [2H]c1nc(C(C)C)c(N)c(C([2H])([2H])[2H])c1[2H]. The third-order valence-electron chi connectivity index (χ3n) is 1.45. The van der Waals surface area contributed by atoms with E-state index < -0.39 is 12.9 Å². The number of aromatic nitrogens is 1. The van der Waals surface area contributed by atoms with Gasteiger partial charge in [-0.2, -0.15) is 0 Å². The molecule has 1 aromatic heterocycles. The molecule has 0 radical (unpaired) electrons. The lowest BCUT2D eigenvalue weighted by molar-refractivity contribution is 0.825. The average Bonchev–Trinajstić information content (AvgIpc) is 2.08. The molecule has 1 aromatic rings. The van der Waals surface area contributed by atoms with Crippen molar-refractivity contribution in [3.63, 3.8) is 0 Å². The van der Waals surface area contributed by atoms with Crippen LogP contribution in [0.4, 0.5) is 5.69 Å². The number of nitrogen functional groups attached to an aromatic ring is 1. The Morgan fingerprint density at radius 1 is 1.73 bits per heavy atom. The van der Waals surface area contributed by atoms with Gasteiger partial charge in [0.25, 0.3) is 0 Å². The number of nitrogens with two attached hydrogens (primary N) is 1. The molecule has 2 nitrogen and oxygen atoms in total. The number of anilines is 1. The molecule has 0 saturated heterocycles. The summed E-state index contributed by atoms with van der Waals surface area (Å²) in [5, 5.41) is 0. The van der Waals surface area contributed by atoms with Crippen LogP contribution in [-0.4, -0.2) is 4.98 Å². The summed E-state index contributed by atoms with van der Waals surface area (Å²) >= 11 is 0. The molecule has 0 saturated carbocycles. The zero-order valence-corrected chi connectivity index (χ0v) is 6.60. The van der Waals surface area contributed by atoms with E-state index >= 15 is 0 Å². The molecule has 2 N–H and O–H groups in total. The molecule has 0 spiro atoms. The van der Waals surface area contributed by atoms with Gasteiger partial charge in [0.2, 0.25) is 0 Å². The highest BCUT2D eigenvalue weighted by Gasteiger charge is 2.05. The lowest BCUT2D eigenvalue weighted by Gasteiger charge is -2.09. The highest BCUT2D eigenvalue weighted by Crippen LogP contribution is 2.21. The zero-order chi connectivity index (χ0) is 12.7. The molecule has 1 rings (SSSR count). The molecule has 0 unspecified atom stereocenters. The second-order valence-corrected chi connectivity index (χ2v) is 2.68. The second-order valence-electron chi connectivity index (χ2n) is 2.68. The molecule has 0 aromatic carbocycles. The molecule has 1 heterocycles. The summed E-state index contributed by atoms with van der Waals surface area (Å²) in [4.78, 5) is 3.85. The molecule has 0 aliphatic heterocycles. The summed E-state index contributed by atoms with van der Waals surface area (Å²) in [7, 11) is 0. The van der Waals surface area contributed by atoms with Crippen molar-refractivity contribution in [3.8, 4) is 0 Å². The predicted molar refractivity (Wildman–Crippen MR) is 47.5 cm³/mol. The lowest BCUT2D eigenvalue weighted by Crippen LogP contribution is -2.01. The lowest BCUT2D eigenvalue weighted by atomic mass is 10.1. The van der Waals surface area contributed by atoms with Crippen molar-refractivity contribution in [2.24, 2.45) is 0 Å². The summed E-state index contributed by atoms with van der Waals surface area (Å²) in [6.07, 6.45) is -0.343. The number of hydrogen-bond donors (Lipinski definition) is 1. The predicted octanol–water partition coefficient (Wildman–Crippen LogP) is 2.10. The third-order valence-corrected chi connectivity index (χ3v) is 1.45. The van der Waals surface area contributed by atoms with Crippen LogP contribution in [0.5, 0.6) is 0 Å². The van der Waals surface area contributed by atoms with E-state index in [2.05, 4.69) is 4.98 Å². The van der Waals surface area contributed by atoms with Gasteiger partial charge in [-0.1, -0.05) is 13.8 Å². The maximum absolute atomic E-state index is 7.54. The van der Waals surface area contributed by atoms with Crippen LogP contribution in [0, 0.1) is 6.85 Å². The van der Waals surface area contributed by atoms with Gasteiger partial charge >= 0.3 is 0 Å². The second kappa shape index (κ2) is 2.91. The van der Waals surface area contributed by atoms with E-state index in [1.165, 1.54) is 0 Å². The minimum atomic E-state index is -2.48. The van der Waals surface area contributed by atoms with Crippen molar-refractivity contribution in [1.29, 1.82) is 0 Å². The molecule has 0 aliphatic carbocycles. The molecule has 0 amide bonds. The molecular weight excluding hydrogens is 136 g/mol. The highest BCUT2D eigenvalue weighted by molar-refractivity contribution is 5.50. The Bertz CT molecular complexity index is 411. The van der Waals surface area contributed by atoms with Crippen LogP contribution < -0.4 is 5.73 Å². The van der Waals surface area contributed by atoms with Crippen molar-refractivity contribution < 1.29 is 6.85 Å². The Kier molecular flexibility index (Phi) is 0.942. The van der Waals surface area contributed by atoms with Gasteiger partial charge in [-0.3, -0.25) is 4.98 Å². The molecule has 60 valence electrons. The van der Waals surface area contributed by atoms with Gasteiger partial charge in [0.15, 0.2) is 0 Å². The van der Waals surface area contributed by atoms with Crippen LogP contribution in [0.2, 0.25) is 0 Å². The van der Waals surface area contributed by atoms with Crippen LogP contribution in [0.25, 0.3) is 0 Å². The molecule has 0 aliphatic rings. The van der Waals surface area contributed by atoms with E-state index in [0.717, 1.165) is 0 Å². The maximum atomic E-state index is 7.54. The number of rotatable bonds is 1. The first kappa shape index (κ1) is 3.57. The fraction of sp³-hybridized carbons (Fsp3) is 0.444. The van der Waals surface area contributed by atoms with Crippen LogP contribution in [0.1, 0.15) is 37.9 Å². The van der Waals surface area contributed by atoms with Gasteiger partial charge in [0.1, 0.15) is 0 Å². The van der Waals surface area contributed by atoms with Gasteiger partial charge in [-0.25, -0.2) is 0 Å². The van der Waals surface area contributed by atoms with Crippen molar-refractivity contribution in [3.05, 3.63) is 23.5 Å². The number of nitrogens with zero attached hydrogens (tertiary/aromatic N) is 1. The van der Waals surface area contributed by atoms with Crippen LogP contribution in [-0.2, 0) is 0 Å². The van der Waals surface area contributed by atoms with E-state index in [4.69, 9.17) is 12.6 Å². The first-order chi connectivity index (χ1) is 7.16.